The predicted molar refractivity (Wildman–Crippen MR) is 71.9 cm³/mol. The minimum atomic E-state index is -5.89. The molecule has 0 amide bonds. The lowest BCUT2D eigenvalue weighted by atomic mass is 10.2. The number of benzene rings is 2. The first-order chi connectivity index (χ1) is 11.1. The fraction of sp³-hybridized carbons (Fsp3) is 0.143. The molecule has 0 aliphatic carbocycles. The van der Waals surface area contributed by atoms with E-state index in [2.05, 4.69) is 0 Å². The van der Waals surface area contributed by atoms with Crippen LogP contribution in [0.3, 0.4) is 0 Å². The first kappa shape index (κ1) is 18.0. The largest absolute Gasteiger partial charge is 0.503 e. The van der Waals surface area contributed by atoms with E-state index in [0.717, 1.165) is 24.3 Å². The van der Waals surface area contributed by atoms with Gasteiger partial charge in [-0.2, -0.15) is 26.3 Å². The van der Waals surface area contributed by atoms with Crippen molar-refractivity contribution in [1.82, 2.24) is 10.3 Å². The number of para-hydroxylation sites is 2. The van der Waals surface area contributed by atoms with E-state index in [0.29, 0.717) is 0 Å². The van der Waals surface area contributed by atoms with Gasteiger partial charge in [0.25, 0.3) is 0 Å². The highest BCUT2D eigenvalue weighted by Crippen LogP contribution is 2.39. The molecule has 10 heteroatoms. The molecule has 0 N–H and O–H groups in total. The first-order valence-corrected chi connectivity index (χ1v) is 6.42. The topological polar surface area (TPSA) is 9.72 Å². The molecule has 0 atom stereocenters. The smallest absolute Gasteiger partial charge is 0.251 e. The number of hydrogen-bond acceptors (Lipinski definition) is 3. The summed E-state index contributed by atoms with van der Waals surface area (Å²) in [6, 6.07) is 12.7. The predicted octanol–water partition coefficient (Wildman–Crippen LogP) is 5.18. The van der Waals surface area contributed by atoms with Gasteiger partial charge in [-0.25, -0.2) is 0 Å². The van der Waals surface area contributed by atoms with Crippen molar-refractivity contribution in [2.24, 2.45) is 0 Å². The number of halogens is 7. The summed E-state index contributed by atoms with van der Waals surface area (Å²) < 4.78 is 91.1. The SMILES string of the molecule is FN(N(N(c1ccccc1)c1ccccc1)C(F)(F)F)C(F)(F)F. The molecule has 0 saturated carbocycles. The van der Waals surface area contributed by atoms with Crippen molar-refractivity contribution in [3.05, 3.63) is 60.7 Å². The lowest BCUT2D eigenvalue weighted by Gasteiger charge is -2.39. The van der Waals surface area contributed by atoms with Crippen molar-refractivity contribution in [2.75, 3.05) is 5.01 Å². The average molecular weight is 353 g/mol. The van der Waals surface area contributed by atoms with E-state index in [1.54, 1.807) is 0 Å². The number of hydrogen-bond donors (Lipinski definition) is 0. The molecule has 0 aliphatic rings. The van der Waals surface area contributed by atoms with Crippen LogP contribution in [0, 0.1) is 0 Å². The maximum atomic E-state index is 13.6. The van der Waals surface area contributed by atoms with Crippen molar-refractivity contribution >= 4 is 11.4 Å². The van der Waals surface area contributed by atoms with Gasteiger partial charge in [0.2, 0.25) is 0 Å². The van der Waals surface area contributed by atoms with Gasteiger partial charge in [0.15, 0.2) is 0 Å². The molecule has 2 aromatic rings. The van der Waals surface area contributed by atoms with Gasteiger partial charge in [0, 0.05) is 0 Å². The zero-order valence-electron chi connectivity index (χ0n) is 11.8. The summed E-state index contributed by atoms with van der Waals surface area (Å²) in [4.78, 5) is 0. The Morgan fingerprint density at radius 1 is 0.583 bits per heavy atom. The lowest BCUT2D eigenvalue weighted by molar-refractivity contribution is -0.455. The van der Waals surface area contributed by atoms with Crippen LogP contribution in [0.25, 0.3) is 0 Å². The first-order valence-electron chi connectivity index (χ1n) is 6.42. The summed E-state index contributed by atoms with van der Waals surface area (Å²) in [6.07, 6.45) is -11.6. The zero-order valence-corrected chi connectivity index (χ0v) is 11.8. The van der Waals surface area contributed by atoms with Crippen molar-refractivity contribution in [2.45, 2.75) is 12.6 Å². The standard InChI is InChI=1S/C14H10F7N3/c15-13(16,17)23(21)24(14(18,19)20)22(11-7-3-1-4-8-11)12-9-5-2-6-10-12/h1-10H. The van der Waals surface area contributed by atoms with Crippen LogP contribution >= 0.6 is 0 Å². The highest BCUT2D eigenvalue weighted by molar-refractivity contribution is 5.61. The van der Waals surface area contributed by atoms with Gasteiger partial charge in [-0.15, -0.1) is 4.48 Å². The molecule has 0 unspecified atom stereocenters. The van der Waals surface area contributed by atoms with Gasteiger partial charge in [0.1, 0.15) is 0 Å². The minimum absolute atomic E-state index is 0.0769. The van der Waals surface area contributed by atoms with Crippen LogP contribution in [0.15, 0.2) is 60.7 Å². The molecule has 0 radical (unpaired) electrons. The van der Waals surface area contributed by atoms with Crippen molar-refractivity contribution in [3.8, 4) is 0 Å². The number of alkyl halides is 6. The van der Waals surface area contributed by atoms with Crippen LogP contribution in [-0.4, -0.2) is 22.9 Å². The molecule has 0 spiro atoms. The van der Waals surface area contributed by atoms with Crippen LogP contribution < -0.4 is 5.01 Å². The Morgan fingerprint density at radius 2 is 0.958 bits per heavy atom. The van der Waals surface area contributed by atoms with Gasteiger partial charge in [-0.3, -0.25) is 5.01 Å². The maximum Gasteiger partial charge on any atom is 0.503 e. The fourth-order valence-electron chi connectivity index (χ4n) is 1.91. The monoisotopic (exact) mass is 353 g/mol. The van der Waals surface area contributed by atoms with Crippen LogP contribution in [0.5, 0.6) is 0 Å². The molecule has 130 valence electrons. The molecule has 0 bridgehead atoms. The van der Waals surface area contributed by atoms with E-state index >= 15 is 0 Å². The molecule has 0 fully saturated rings. The van der Waals surface area contributed by atoms with E-state index in [9.17, 15) is 30.8 Å². The summed E-state index contributed by atoms with van der Waals surface area (Å²) in [6.45, 7) is 0. The second-order valence-electron chi connectivity index (χ2n) is 4.47. The van der Waals surface area contributed by atoms with Crippen molar-refractivity contribution in [3.63, 3.8) is 0 Å². The van der Waals surface area contributed by atoms with E-state index in [-0.39, 0.29) is 16.4 Å². The Hall–Kier alpha value is -2.33. The van der Waals surface area contributed by atoms with E-state index in [4.69, 9.17) is 0 Å². The van der Waals surface area contributed by atoms with E-state index in [1.165, 1.54) is 36.4 Å². The van der Waals surface area contributed by atoms with Crippen LogP contribution in [0.1, 0.15) is 0 Å². The second kappa shape index (κ2) is 6.65. The Morgan fingerprint density at radius 3 is 1.25 bits per heavy atom. The normalized spacial score (nSPS) is 12.7. The third kappa shape index (κ3) is 3.95. The molecular weight excluding hydrogens is 343 g/mol. The Kier molecular flexibility index (Phi) is 4.99. The number of rotatable bonds is 4. The highest BCUT2D eigenvalue weighted by Gasteiger charge is 2.56. The molecule has 0 aromatic heterocycles. The van der Waals surface area contributed by atoms with Gasteiger partial charge in [-0.1, -0.05) is 36.4 Å². The fourth-order valence-corrected chi connectivity index (χ4v) is 1.91. The number of nitrogens with zero attached hydrogens (tertiary/aromatic N) is 3. The highest BCUT2D eigenvalue weighted by atomic mass is 19.4. The number of anilines is 2. The van der Waals surface area contributed by atoms with Crippen LogP contribution in [0.4, 0.5) is 42.2 Å². The van der Waals surface area contributed by atoms with Crippen LogP contribution in [0.2, 0.25) is 0 Å². The Bertz CT molecular complexity index is 603. The van der Waals surface area contributed by atoms with E-state index in [1.807, 2.05) is 0 Å². The Labute approximate surface area is 132 Å². The summed E-state index contributed by atoms with van der Waals surface area (Å²) >= 11 is 0. The Balaban J connectivity index is 2.62. The molecule has 2 rings (SSSR count). The van der Waals surface area contributed by atoms with Gasteiger partial charge < -0.3 is 0 Å². The molecule has 0 aliphatic heterocycles. The molecule has 3 nitrogen and oxygen atoms in total. The van der Waals surface area contributed by atoms with Gasteiger partial charge in [0.05, 0.1) is 16.6 Å². The van der Waals surface area contributed by atoms with Gasteiger partial charge >= 0.3 is 12.6 Å². The zero-order chi connectivity index (χ0) is 18.0. The van der Waals surface area contributed by atoms with E-state index < -0.39 is 22.9 Å². The van der Waals surface area contributed by atoms with Crippen molar-refractivity contribution < 1.29 is 30.8 Å². The third-order valence-electron chi connectivity index (χ3n) is 2.79. The number of hydrazine groups is 2. The molecule has 2 aromatic carbocycles. The summed E-state index contributed by atoms with van der Waals surface area (Å²) in [5, 5.41) is -3.68. The summed E-state index contributed by atoms with van der Waals surface area (Å²) in [5.41, 5.74) is -0.624. The molecule has 0 heterocycles. The molecule has 24 heavy (non-hydrogen) atoms. The lowest BCUT2D eigenvalue weighted by Crippen LogP contribution is -2.59. The average Bonchev–Trinajstić information content (AvgIpc) is 2.51. The molecular formula is C14H10F7N3. The minimum Gasteiger partial charge on any atom is -0.251 e. The quantitative estimate of drug-likeness (QED) is 0.324. The molecule has 0 saturated heterocycles. The van der Waals surface area contributed by atoms with Gasteiger partial charge in [-0.05, 0) is 29.4 Å². The second-order valence-corrected chi connectivity index (χ2v) is 4.47. The summed E-state index contributed by atoms with van der Waals surface area (Å²) in [7, 11) is 0. The maximum absolute atomic E-state index is 13.6. The van der Waals surface area contributed by atoms with Crippen LogP contribution in [-0.2, 0) is 0 Å². The summed E-state index contributed by atoms with van der Waals surface area (Å²) in [5.74, 6) is 0. The van der Waals surface area contributed by atoms with Crippen molar-refractivity contribution in [1.29, 1.82) is 0 Å². The third-order valence-corrected chi connectivity index (χ3v) is 2.79.